The van der Waals surface area contributed by atoms with Crippen molar-refractivity contribution in [3.8, 4) is 0 Å². The lowest BCUT2D eigenvalue weighted by Gasteiger charge is -2.32. The van der Waals surface area contributed by atoms with Gasteiger partial charge in [0.25, 0.3) is 0 Å². The summed E-state index contributed by atoms with van der Waals surface area (Å²) in [6.45, 7) is 9.92. The Kier molecular flexibility index (Phi) is 6.96. The van der Waals surface area contributed by atoms with Crippen molar-refractivity contribution in [2.24, 2.45) is 17.8 Å². The maximum atomic E-state index is 4.56. The molecule has 1 N–H and O–H groups in total. The average molecular weight is 429 g/mol. The van der Waals surface area contributed by atoms with E-state index < -0.39 is 0 Å². The summed E-state index contributed by atoms with van der Waals surface area (Å²) >= 11 is 0. The third kappa shape index (κ3) is 4.06. The van der Waals surface area contributed by atoms with Crippen LogP contribution in [0.15, 0.2) is 12.7 Å². The quantitative estimate of drug-likeness (QED) is 0.749. The highest BCUT2D eigenvalue weighted by Gasteiger charge is 2.52. The standard InChI is InChI=1S/C18H28N8.2ClH/c1-2-26-17(10-25-12-20-11-21-25)22-23-18(26)13-3-5-24(6-4-13)9-16-14-7-19-8-15(14)16;;/h11-16,19H,2-10H2,1H3;2*1H/t14-,15+,16?;;. The van der Waals surface area contributed by atoms with E-state index in [0.717, 1.165) is 35.9 Å². The maximum absolute atomic E-state index is 4.56. The van der Waals surface area contributed by atoms with Gasteiger partial charge in [-0.25, -0.2) is 9.67 Å². The van der Waals surface area contributed by atoms with Crippen LogP contribution in [0.5, 0.6) is 0 Å². The van der Waals surface area contributed by atoms with Crippen LogP contribution >= 0.6 is 24.8 Å². The van der Waals surface area contributed by atoms with Crippen molar-refractivity contribution in [3.05, 3.63) is 24.3 Å². The number of hydrogen-bond donors (Lipinski definition) is 1. The first-order chi connectivity index (χ1) is 12.8. The number of likely N-dealkylation sites (tertiary alicyclic amines) is 1. The molecule has 0 spiro atoms. The van der Waals surface area contributed by atoms with Crippen LogP contribution < -0.4 is 5.32 Å². The second-order valence-corrected chi connectivity index (χ2v) is 8.04. The van der Waals surface area contributed by atoms with E-state index in [-0.39, 0.29) is 24.8 Å². The second kappa shape index (κ2) is 9.07. The Morgan fingerprint density at radius 1 is 1.11 bits per heavy atom. The molecule has 156 valence electrons. The molecule has 1 aliphatic carbocycles. The van der Waals surface area contributed by atoms with E-state index in [4.69, 9.17) is 0 Å². The first-order valence-electron chi connectivity index (χ1n) is 10.0. The van der Waals surface area contributed by atoms with Gasteiger partial charge in [0.1, 0.15) is 25.0 Å². The molecule has 3 fully saturated rings. The number of piperidine rings is 2. The van der Waals surface area contributed by atoms with Crippen molar-refractivity contribution in [1.82, 2.24) is 39.7 Å². The van der Waals surface area contributed by atoms with Crippen LogP contribution in [0.4, 0.5) is 0 Å². The fourth-order valence-corrected chi connectivity index (χ4v) is 5.06. The summed E-state index contributed by atoms with van der Waals surface area (Å²) in [4.78, 5) is 6.70. The molecule has 0 amide bonds. The molecular formula is C18H30Cl2N8. The van der Waals surface area contributed by atoms with E-state index >= 15 is 0 Å². The van der Waals surface area contributed by atoms with E-state index in [0.29, 0.717) is 12.5 Å². The highest BCUT2D eigenvalue weighted by atomic mass is 35.5. The molecule has 2 aromatic heterocycles. The highest BCUT2D eigenvalue weighted by Crippen LogP contribution is 2.49. The van der Waals surface area contributed by atoms with Crippen LogP contribution in [0.1, 0.15) is 37.3 Å². The van der Waals surface area contributed by atoms with Gasteiger partial charge in [0.15, 0.2) is 5.82 Å². The van der Waals surface area contributed by atoms with Crippen LogP contribution in [0.2, 0.25) is 0 Å². The molecule has 3 aliphatic rings. The van der Waals surface area contributed by atoms with Crippen LogP contribution in [-0.2, 0) is 13.1 Å². The van der Waals surface area contributed by atoms with Gasteiger partial charge in [-0.1, -0.05) is 0 Å². The van der Waals surface area contributed by atoms with Gasteiger partial charge in [0.05, 0.1) is 0 Å². The topological polar surface area (TPSA) is 76.7 Å². The van der Waals surface area contributed by atoms with Crippen molar-refractivity contribution in [1.29, 1.82) is 0 Å². The monoisotopic (exact) mass is 428 g/mol. The SMILES string of the molecule is CCn1c(Cn2cncn2)nnc1C1CCN(CC2[C@H]3CNC[C@@H]23)CC1.Cl.Cl. The van der Waals surface area contributed by atoms with Gasteiger partial charge in [-0.05, 0) is 63.7 Å². The Bertz CT molecular complexity index is 731. The minimum Gasteiger partial charge on any atom is -0.316 e. The number of nitrogens with one attached hydrogen (secondary N) is 1. The minimum atomic E-state index is 0. The molecule has 2 aliphatic heterocycles. The fourth-order valence-electron chi connectivity index (χ4n) is 5.06. The van der Waals surface area contributed by atoms with Gasteiger partial charge in [-0.15, -0.1) is 35.0 Å². The first-order valence-corrected chi connectivity index (χ1v) is 10.0. The lowest BCUT2D eigenvalue weighted by atomic mass is 9.95. The van der Waals surface area contributed by atoms with Crippen molar-refractivity contribution in [2.75, 3.05) is 32.7 Å². The zero-order chi connectivity index (χ0) is 17.5. The normalized spacial score (nSPS) is 27.1. The van der Waals surface area contributed by atoms with Gasteiger partial charge >= 0.3 is 0 Å². The van der Waals surface area contributed by atoms with E-state index in [2.05, 4.69) is 42.0 Å². The van der Waals surface area contributed by atoms with E-state index in [1.54, 1.807) is 12.7 Å². The molecule has 2 aromatic rings. The Hall–Kier alpha value is -1.22. The molecular weight excluding hydrogens is 399 g/mol. The Morgan fingerprint density at radius 3 is 2.50 bits per heavy atom. The number of rotatable bonds is 6. The van der Waals surface area contributed by atoms with Gasteiger partial charge in [-0.3, -0.25) is 0 Å². The van der Waals surface area contributed by atoms with Crippen LogP contribution in [0.3, 0.4) is 0 Å². The maximum Gasteiger partial charge on any atom is 0.154 e. The molecule has 8 nitrogen and oxygen atoms in total. The number of hydrogen-bond acceptors (Lipinski definition) is 6. The summed E-state index contributed by atoms with van der Waals surface area (Å²) < 4.78 is 4.09. The zero-order valence-electron chi connectivity index (χ0n) is 16.3. The zero-order valence-corrected chi connectivity index (χ0v) is 17.9. The first kappa shape index (κ1) is 21.5. The summed E-state index contributed by atoms with van der Waals surface area (Å²) in [6, 6.07) is 0. The minimum absolute atomic E-state index is 0. The molecule has 3 atom stereocenters. The predicted molar refractivity (Wildman–Crippen MR) is 111 cm³/mol. The second-order valence-electron chi connectivity index (χ2n) is 8.04. The highest BCUT2D eigenvalue weighted by molar-refractivity contribution is 5.85. The molecule has 5 rings (SSSR count). The summed E-state index contributed by atoms with van der Waals surface area (Å²) in [5.74, 6) is 5.57. The number of fused-ring (bicyclic) bond motifs is 1. The molecule has 0 radical (unpaired) electrons. The summed E-state index contributed by atoms with van der Waals surface area (Å²) in [5.41, 5.74) is 0. The van der Waals surface area contributed by atoms with E-state index in [1.807, 2.05) is 4.68 Å². The molecule has 28 heavy (non-hydrogen) atoms. The van der Waals surface area contributed by atoms with Crippen LogP contribution in [-0.4, -0.2) is 67.2 Å². The summed E-state index contributed by atoms with van der Waals surface area (Å²) in [5, 5.41) is 16.7. The van der Waals surface area contributed by atoms with Crippen LogP contribution in [0.25, 0.3) is 0 Å². The number of nitrogens with zero attached hydrogens (tertiary/aromatic N) is 7. The molecule has 0 bridgehead atoms. The molecule has 10 heteroatoms. The van der Waals surface area contributed by atoms with E-state index in [1.165, 1.54) is 45.6 Å². The van der Waals surface area contributed by atoms with Gasteiger partial charge < -0.3 is 14.8 Å². The molecule has 1 saturated carbocycles. The summed E-state index contributed by atoms with van der Waals surface area (Å²) in [6.07, 6.45) is 5.69. The third-order valence-corrected chi connectivity index (χ3v) is 6.63. The smallest absolute Gasteiger partial charge is 0.154 e. The predicted octanol–water partition coefficient (Wildman–Crippen LogP) is 1.43. The van der Waals surface area contributed by atoms with Gasteiger partial charge in [0.2, 0.25) is 0 Å². The lowest BCUT2D eigenvalue weighted by molar-refractivity contribution is 0.193. The molecule has 0 aromatic carbocycles. The molecule has 2 saturated heterocycles. The van der Waals surface area contributed by atoms with Crippen molar-refractivity contribution < 1.29 is 0 Å². The van der Waals surface area contributed by atoms with E-state index in [9.17, 15) is 0 Å². The summed E-state index contributed by atoms with van der Waals surface area (Å²) in [7, 11) is 0. The largest absolute Gasteiger partial charge is 0.316 e. The Morgan fingerprint density at radius 2 is 1.86 bits per heavy atom. The molecule has 4 heterocycles. The third-order valence-electron chi connectivity index (χ3n) is 6.63. The van der Waals surface area contributed by atoms with Crippen LogP contribution in [0, 0.1) is 17.8 Å². The van der Waals surface area contributed by atoms with Crippen molar-refractivity contribution in [2.45, 2.75) is 38.8 Å². The Balaban J connectivity index is 0.00000112. The Labute approximate surface area is 178 Å². The van der Waals surface area contributed by atoms with Gasteiger partial charge in [0, 0.05) is 19.0 Å². The number of halogens is 2. The average Bonchev–Trinajstić information content (AvgIpc) is 3.18. The van der Waals surface area contributed by atoms with Gasteiger partial charge in [-0.2, -0.15) is 5.10 Å². The number of aromatic nitrogens is 6. The lowest BCUT2D eigenvalue weighted by Crippen LogP contribution is -2.36. The van der Waals surface area contributed by atoms with Crippen molar-refractivity contribution in [3.63, 3.8) is 0 Å². The molecule has 1 unspecified atom stereocenters. The van der Waals surface area contributed by atoms with Crippen molar-refractivity contribution >= 4 is 24.8 Å². The fraction of sp³-hybridized carbons (Fsp3) is 0.778.